The summed E-state index contributed by atoms with van der Waals surface area (Å²) in [6.07, 6.45) is 1.87. The number of unbranched alkanes of at least 4 members (excludes halogenated alkanes) is 1. The van der Waals surface area contributed by atoms with Crippen molar-refractivity contribution in [1.29, 1.82) is 0 Å². The van der Waals surface area contributed by atoms with Gasteiger partial charge in [0.05, 0.1) is 0 Å². The van der Waals surface area contributed by atoms with E-state index in [0.717, 1.165) is 11.1 Å². The van der Waals surface area contributed by atoms with Gasteiger partial charge in [-0.15, -0.1) is 0 Å². The molecule has 24 heavy (non-hydrogen) atoms. The Morgan fingerprint density at radius 3 is 1.38 bits per heavy atom. The maximum Gasteiger partial charge on any atom is 0.306 e. The van der Waals surface area contributed by atoms with Gasteiger partial charge in [-0.05, 0) is 24.0 Å². The molecular formula is C20H22O4. The van der Waals surface area contributed by atoms with Gasteiger partial charge in [-0.2, -0.15) is 0 Å². The van der Waals surface area contributed by atoms with Gasteiger partial charge >= 0.3 is 11.9 Å². The minimum Gasteiger partial charge on any atom is -0.461 e. The molecule has 0 unspecified atom stereocenters. The monoisotopic (exact) mass is 326 g/mol. The van der Waals surface area contributed by atoms with Crippen LogP contribution in [0.3, 0.4) is 0 Å². The van der Waals surface area contributed by atoms with Crippen molar-refractivity contribution in [3.63, 3.8) is 0 Å². The Balaban J connectivity index is 1.52. The summed E-state index contributed by atoms with van der Waals surface area (Å²) in [6.45, 7) is 0.581. The van der Waals surface area contributed by atoms with Gasteiger partial charge in [-0.3, -0.25) is 9.59 Å². The smallest absolute Gasteiger partial charge is 0.306 e. The molecule has 0 atom stereocenters. The minimum atomic E-state index is -0.239. The molecule has 126 valence electrons. The lowest BCUT2D eigenvalue weighted by molar-refractivity contribution is -0.147. The van der Waals surface area contributed by atoms with E-state index in [2.05, 4.69) is 0 Å². The molecule has 0 N–H and O–H groups in total. The summed E-state index contributed by atoms with van der Waals surface area (Å²) in [5.74, 6) is -0.479. The number of benzene rings is 2. The molecule has 0 saturated carbocycles. The quantitative estimate of drug-likeness (QED) is 0.515. The topological polar surface area (TPSA) is 52.6 Å². The van der Waals surface area contributed by atoms with Crippen LogP contribution in [-0.4, -0.2) is 11.9 Å². The first kappa shape index (κ1) is 17.7. The molecule has 0 saturated heterocycles. The van der Waals surface area contributed by atoms with Gasteiger partial charge in [-0.1, -0.05) is 60.7 Å². The second-order valence-corrected chi connectivity index (χ2v) is 5.50. The molecule has 4 nitrogen and oxygen atoms in total. The Morgan fingerprint density at radius 2 is 1.00 bits per heavy atom. The van der Waals surface area contributed by atoms with E-state index in [4.69, 9.17) is 9.47 Å². The fourth-order valence-corrected chi connectivity index (χ4v) is 2.16. The molecule has 2 aromatic carbocycles. The van der Waals surface area contributed by atoms with Crippen LogP contribution in [0.25, 0.3) is 0 Å². The maximum absolute atomic E-state index is 11.6. The number of hydrogen-bond acceptors (Lipinski definition) is 4. The number of carbonyl (C=O) groups excluding carboxylic acids is 2. The van der Waals surface area contributed by atoms with Crippen LogP contribution in [-0.2, 0) is 32.3 Å². The fourth-order valence-electron chi connectivity index (χ4n) is 2.16. The van der Waals surface area contributed by atoms with E-state index >= 15 is 0 Å². The molecule has 0 aliphatic rings. The predicted octanol–water partition coefficient (Wildman–Crippen LogP) is 4.03. The van der Waals surface area contributed by atoms with Gasteiger partial charge in [0, 0.05) is 12.8 Å². The summed E-state index contributed by atoms with van der Waals surface area (Å²) < 4.78 is 10.4. The summed E-state index contributed by atoms with van der Waals surface area (Å²) in [6, 6.07) is 19.1. The first-order valence-corrected chi connectivity index (χ1v) is 8.13. The van der Waals surface area contributed by atoms with Crippen molar-refractivity contribution in [3.8, 4) is 0 Å². The Bertz CT molecular complexity index is 565. The maximum atomic E-state index is 11.6. The second kappa shape index (κ2) is 10.2. The van der Waals surface area contributed by atoms with Gasteiger partial charge in [0.2, 0.25) is 0 Å². The molecule has 0 radical (unpaired) electrons. The van der Waals surface area contributed by atoms with E-state index in [9.17, 15) is 9.59 Å². The average Bonchev–Trinajstić information content (AvgIpc) is 2.63. The lowest BCUT2D eigenvalue weighted by Crippen LogP contribution is -2.06. The summed E-state index contributed by atoms with van der Waals surface area (Å²) in [7, 11) is 0. The third kappa shape index (κ3) is 7.09. The molecule has 0 aliphatic carbocycles. The Hall–Kier alpha value is -2.62. The highest BCUT2D eigenvalue weighted by Gasteiger charge is 2.06. The molecular weight excluding hydrogens is 304 g/mol. The van der Waals surface area contributed by atoms with Crippen LogP contribution in [0.5, 0.6) is 0 Å². The van der Waals surface area contributed by atoms with Crippen molar-refractivity contribution >= 4 is 11.9 Å². The number of carbonyl (C=O) groups is 2. The molecule has 0 fully saturated rings. The van der Waals surface area contributed by atoms with Crippen LogP contribution in [0.2, 0.25) is 0 Å². The normalized spacial score (nSPS) is 10.2. The molecule has 0 bridgehead atoms. The lowest BCUT2D eigenvalue weighted by Gasteiger charge is -2.06. The second-order valence-electron chi connectivity index (χ2n) is 5.50. The summed E-state index contributed by atoms with van der Waals surface area (Å²) in [5.41, 5.74) is 1.94. The zero-order valence-electron chi connectivity index (χ0n) is 13.6. The summed E-state index contributed by atoms with van der Waals surface area (Å²) in [5, 5.41) is 0. The van der Waals surface area contributed by atoms with Crippen molar-refractivity contribution in [2.24, 2.45) is 0 Å². The largest absolute Gasteiger partial charge is 0.461 e. The highest BCUT2D eigenvalue weighted by atomic mass is 16.5. The van der Waals surface area contributed by atoms with E-state index < -0.39 is 0 Å². The van der Waals surface area contributed by atoms with Crippen LogP contribution in [0.15, 0.2) is 60.7 Å². The number of hydrogen-bond donors (Lipinski definition) is 0. The van der Waals surface area contributed by atoms with Crippen LogP contribution in [0, 0.1) is 0 Å². The first-order chi connectivity index (χ1) is 11.7. The van der Waals surface area contributed by atoms with E-state index in [1.165, 1.54) is 0 Å². The molecule has 2 rings (SSSR count). The lowest BCUT2D eigenvalue weighted by atomic mass is 10.2. The zero-order valence-corrected chi connectivity index (χ0v) is 13.6. The summed E-state index contributed by atoms with van der Waals surface area (Å²) in [4.78, 5) is 23.3. The van der Waals surface area contributed by atoms with Gasteiger partial charge in [-0.25, -0.2) is 0 Å². The Morgan fingerprint density at radius 1 is 0.625 bits per heavy atom. The van der Waals surface area contributed by atoms with Crippen molar-refractivity contribution in [1.82, 2.24) is 0 Å². The SMILES string of the molecule is O=C(CCCCC(=O)OCc1ccccc1)OCc1ccccc1. The molecule has 0 heterocycles. The molecule has 0 spiro atoms. The van der Waals surface area contributed by atoms with E-state index in [1.807, 2.05) is 60.7 Å². The van der Waals surface area contributed by atoms with Crippen LogP contribution in [0.1, 0.15) is 36.8 Å². The molecule has 0 amide bonds. The molecule has 0 aliphatic heterocycles. The molecule has 0 aromatic heterocycles. The number of ether oxygens (including phenoxy) is 2. The van der Waals surface area contributed by atoms with Gasteiger partial charge < -0.3 is 9.47 Å². The molecule has 4 heteroatoms. The zero-order chi connectivity index (χ0) is 17.0. The number of esters is 2. The highest BCUT2D eigenvalue weighted by Crippen LogP contribution is 2.07. The van der Waals surface area contributed by atoms with Crippen molar-refractivity contribution in [2.75, 3.05) is 0 Å². The molecule has 2 aromatic rings. The fraction of sp³-hybridized carbons (Fsp3) is 0.300. The number of rotatable bonds is 9. The average molecular weight is 326 g/mol. The van der Waals surface area contributed by atoms with Gasteiger partial charge in [0.1, 0.15) is 13.2 Å². The van der Waals surface area contributed by atoms with Crippen LogP contribution < -0.4 is 0 Å². The van der Waals surface area contributed by atoms with Crippen molar-refractivity contribution in [2.45, 2.75) is 38.9 Å². The third-order valence-corrected chi connectivity index (χ3v) is 3.50. The predicted molar refractivity (Wildman–Crippen MR) is 90.9 cm³/mol. The highest BCUT2D eigenvalue weighted by molar-refractivity contribution is 5.70. The van der Waals surface area contributed by atoms with E-state index in [1.54, 1.807) is 0 Å². The van der Waals surface area contributed by atoms with Gasteiger partial charge in [0.15, 0.2) is 0 Å². The van der Waals surface area contributed by atoms with Crippen LogP contribution in [0.4, 0.5) is 0 Å². The van der Waals surface area contributed by atoms with Crippen molar-refractivity contribution in [3.05, 3.63) is 71.8 Å². The van der Waals surface area contributed by atoms with E-state index in [-0.39, 0.29) is 11.9 Å². The minimum absolute atomic E-state index is 0.239. The van der Waals surface area contributed by atoms with Gasteiger partial charge in [0.25, 0.3) is 0 Å². The van der Waals surface area contributed by atoms with Crippen LogP contribution >= 0.6 is 0 Å². The first-order valence-electron chi connectivity index (χ1n) is 8.13. The Kier molecular flexibility index (Phi) is 7.54. The Labute approximate surface area is 142 Å². The summed E-state index contributed by atoms with van der Waals surface area (Å²) >= 11 is 0. The van der Waals surface area contributed by atoms with Crippen molar-refractivity contribution < 1.29 is 19.1 Å². The van der Waals surface area contributed by atoms with E-state index in [0.29, 0.717) is 38.9 Å². The standard InChI is InChI=1S/C20H22O4/c21-19(23-15-17-9-3-1-4-10-17)13-7-8-14-20(22)24-16-18-11-5-2-6-12-18/h1-6,9-12H,7-8,13-16H2. The third-order valence-electron chi connectivity index (χ3n) is 3.50.